The van der Waals surface area contributed by atoms with Gasteiger partial charge in [0.2, 0.25) is 6.33 Å². The van der Waals surface area contributed by atoms with E-state index in [2.05, 4.69) is 21.7 Å². The molecule has 112 valence electrons. The number of halogens is 2. The molecule has 0 bridgehead atoms. The number of carbonyl (C=O) groups excluding carboxylic acids is 1. The van der Waals surface area contributed by atoms with Crippen LogP contribution in [-0.2, 0) is 6.54 Å². The molecule has 2 aromatic carbocycles. The number of benzene rings is 2. The van der Waals surface area contributed by atoms with Crippen molar-refractivity contribution in [1.29, 1.82) is 0 Å². The standard InChI is InChI=1S/C17H13ClN2O.ClH/c18-17(21)15-8-4-5-13(9-15)11-20-12-19-10-16(20)14-6-2-1-3-7-14;/h1-10,12H,11H2;1H. The number of hydrogen-bond acceptors (Lipinski definition) is 1. The van der Waals surface area contributed by atoms with Crippen molar-refractivity contribution in [2.45, 2.75) is 6.54 Å². The second-order valence-electron chi connectivity index (χ2n) is 4.79. The average molecular weight is 333 g/mol. The van der Waals surface area contributed by atoms with Crippen LogP contribution in [0.2, 0.25) is 0 Å². The monoisotopic (exact) mass is 332 g/mol. The molecule has 0 amide bonds. The molecule has 0 unspecified atom stereocenters. The van der Waals surface area contributed by atoms with E-state index in [4.69, 9.17) is 11.6 Å². The molecule has 0 radical (unpaired) electrons. The molecule has 0 fully saturated rings. The quantitative estimate of drug-likeness (QED) is 0.545. The molecule has 3 nitrogen and oxygen atoms in total. The molecule has 3 rings (SSSR count). The van der Waals surface area contributed by atoms with Crippen molar-refractivity contribution < 1.29 is 21.8 Å². The van der Waals surface area contributed by atoms with Crippen LogP contribution in [-0.4, -0.2) is 10.2 Å². The number of nitrogens with zero attached hydrogens (tertiary/aromatic N) is 1. The third kappa shape index (κ3) is 3.56. The Morgan fingerprint density at radius 2 is 1.86 bits per heavy atom. The highest BCUT2D eigenvalue weighted by Gasteiger charge is 2.12. The van der Waals surface area contributed by atoms with Crippen molar-refractivity contribution in [3.63, 3.8) is 0 Å². The van der Waals surface area contributed by atoms with Gasteiger partial charge in [-0.15, -0.1) is 0 Å². The van der Waals surface area contributed by atoms with Crippen LogP contribution < -0.4 is 17.0 Å². The Morgan fingerprint density at radius 3 is 2.59 bits per heavy atom. The Balaban J connectivity index is 0.00000176. The molecule has 0 aliphatic rings. The van der Waals surface area contributed by atoms with Gasteiger partial charge in [0.25, 0.3) is 5.24 Å². The van der Waals surface area contributed by atoms with Crippen LogP contribution in [0.1, 0.15) is 15.9 Å². The summed E-state index contributed by atoms with van der Waals surface area (Å²) in [6.45, 7) is 0.672. The van der Waals surface area contributed by atoms with E-state index in [0.717, 1.165) is 16.8 Å². The molecule has 1 N–H and O–H groups in total. The summed E-state index contributed by atoms with van der Waals surface area (Å²) >= 11 is 5.53. The maximum atomic E-state index is 11.2. The van der Waals surface area contributed by atoms with Crippen molar-refractivity contribution >= 4 is 16.8 Å². The SMILES string of the molecule is O=C(Cl)c1cccc(C[n+]2c[nH]cc2-c2ccccc2)c1.[Cl-]. The zero-order valence-electron chi connectivity index (χ0n) is 11.7. The first-order valence-corrected chi connectivity index (χ1v) is 7.02. The largest absolute Gasteiger partial charge is 1.00 e. The summed E-state index contributed by atoms with van der Waals surface area (Å²) in [4.78, 5) is 14.4. The molecule has 0 saturated carbocycles. The van der Waals surface area contributed by atoms with Gasteiger partial charge in [0.1, 0.15) is 12.7 Å². The van der Waals surface area contributed by atoms with E-state index in [1.54, 1.807) is 6.07 Å². The van der Waals surface area contributed by atoms with Crippen LogP contribution in [0, 0.1) is 0 Å². The maximum Gasteiger partial charge on any atom is 0.252 e. The Hall–Kier alpha value is -2.10. The number of imidazole rings is 1. The fourth-order valence-electron chi connectivity index (χ4n) is 2.34. The summed E-state index contributed by atoms with van der Waals surface area (Å²) in [7, 11) is 0. The van der Waals surface area contributed by atoms with Gasteiger partial charge in [0.15, 0.2) is 5.69 Å². The van der Waals surface area contributed by atoms with Gasteiger partial charge in [-0.2, -0.15) is 0 Å². The van der Waals surface area contributed by atoms with E-state index in [1.165, 1.54) is 0 Å². The van der Waals surface area contributed by atoms with Crippen molar-refractivity contribution in [1.82, 2.24) is 4.98 Å². The number of hydrogen-bond donors (Lipinski definition) is 1. The van der Waals surface area contributed by atoms with Crippen LogP contribution in [0.3, 0.4) is 0 Å². The molecule has 22 heavy (non-hydrogen) atoms. The first-order valence-electron chi connectivity index (χ1n) is 6.64. The molecule has 0 atom stereocenters. The molecule has 0 aliphatic heterocycles. The minimum Gasteiger partial charge on any atom is -1.00 e. The molecule has 0 saturated heterocycles. The van der Waals surface area contributed by atoms with Gasteiger partial charge >= 0.3 is 0 Å². The summed E-state index contributed by atoms with van der Waals surface area (Å²) in [6.07, 6.45) is 3.88. The average Bonchev–Trinajstić information content (AvgIpc) is 2.96. The maximum absolute atomic E-state index is 11.2. The minimum absolute atomic E-state index is 0. The molecule has 0 aliphatic carbocycles. The Kier molecular flexibility index (Phi) is 5.36. The lowest BCUT2D eigenvalue weighted by atomic mass is 10.1. The van der Waals surface area contributed by atoms with Gasteiger partial charge in [-0.1, -0.05) is 48.5 Å². The van der Waals surface area contributed by atoms with Gasteiger partial charge in [-0.05, 0) is 23.2 Å². The van der Waals surface area contributed by atoms with Gasteiger partial charge in [-0.3, -0.25) is 4.79 Å². The number of aromatic amines is 1. The van der Waals surface area contributed by atoms with E-state index < -0.39 is 5.24 Å². The van der Waals surface area contributed by atoms with E-state index in [-0.39, 0.29) is 12.4 Å². The van der Waals surface area contributed by atoms with Crippen molar-refractivity contribution in [2.24, 2.45) is 0 Å². The number of rotatable bonds is 4. The lowest BCUT2D eigenvalue weighted by Gasteiger charge is -2.03. The third-order valence-corrected chi connectivity index (χ3v) is 3.55. The Morgan fingerprint density at radius 1 is 1.09 bits per heavy atom. The van der Waals surface area contributed by atoms with Crippen LogP contribution in [0.4, 0.5) is 0 Å². The Labute approximate surface area is 140 Å². The molecule has 3 aromatic rings. The second-order valence-corrected chi connectivity index (χ2v) is 5.14. The molecular weight excluding hydrogens is 319 g/mol. The molecule has 1 aromatic heterocycles. The van der Waals surface area contributed by atoms with Crippen molar-refractivity contribution in [3.05, 3.63) is 78.2 Å². The molecule has 5 heteroatoms. The highest BCUT2D eigenvalue weighted by molar-refractivity contribution is 6.67. The topological polar surface area (TPSA) is 36.7 Å². The van der Waals surface area contributed by atoms with Gasteiger partial charge in [0.05, 0.1) is 0 Å². The number of aromatic nitrogens is 2. The van der Waals surface area contributed by atoms with Crippen molar-refractivity contribution in [3.8, 4) is 11.3 Å². The van der Waals surface area contributed by atoms with Gasteiger partial charge < -0.3 is 12.4 Å². The van der Waals surface area contributed by atoms with E-state index >= 15 is 0 Å². The van der Waals surface area contributed by atoms with E-state index in [0.29, 0.717) is 12.1 Å². The fourth-order valence-corrected chi connectivity index (χ4v) is 2.45. The third-order valence-electron chi connectivity index (χ3n) is 3.34. The van der Waals surface area contributed by atoms with Crippen LogP contribution in [0.25, 0.3) is 11.3 Å². The fraction of sp³-hybridized carbons (Fsp3) is 0.0588. The molecule has 1 heterocycles. The normalized spacial score (nSPS) is 10.0. The van der Waals surface area contributed by atoms with Crippen LogP contribution >= 0.6 is 11.6 Å². The predicted octanol–water partition coefficient (Wildman–Crippen LogP) is 0.400. The highest BCUT2D eigenvalue weighted by Crippen LogP contribution is 2.14. The first-order chi connectivity index (χ1) is 10.2. The van der Waals surface area contributed by atoms with E-state index in [9.17, 15) is 4.79 Å². The number of nitrogens with one attached hydrogen (secondary N) is 1. The smallest absolute Gasteiger partial charge is 0.252 e. The highest BCUT2D eigenvalue weighted by atomic mass is 35.5. The number of carbonyl (C=O) groups is 1. The van der Waals surface area contributed by atoms with Crippen molar-refractivity contribution in [2.75, 3.05) is 0 Å². The minimum atomic E-state index is -0.431. The van der Waals surface area contributed by atoms with Gasteiger partial charge in [-0.25, -0.2) is 9.55 Å². The zero-order chi connectivity index (χ0) is 14.7. The van der Waals surface area contributed by atoms with Gasteiger partial charge in [0, 0.05) is 11.1 Å². The Bertz CT molecular complexity index is 769. The molecular formula is C17H14Cl2N2O. The van der Waals surface area contributed by atoms with E-state index in [1.807, 2.05) is 48.9 Å². The summed E-state index contributed by atoms with van der Waals surface area (Å²) < 4.78 is 2.10. The summed E-state index contributed by atoms with van der Waals surface area (Å²) in [5, 5.41) is -0.431. The summed E-state index contributed by atoms with van der Waals surface area (Å²) in [5.74, 6) is 0. The zero-order valence-corrected chi connectivity index (χ0v) is 13.2. The predicted molar refractivity (Wildman–Crippen MR) is 82.2 cm³/mol. The second kappa shape index (κ2) is 7.25. The summed E-state index contributed by atoms with van der Waals surface area (Å²) in [5.41, 5.74) is 3.79. The lowest BCUT2D eigenvalue weighted by Crippen LogP contribution is -3.00. The summed E-state index contributed by atoms with van der Waals surface area (Å²) in [6, 6.07) is 17.5. The van der Waals surface area contributed by atoms with Crippen LogP contribution in [0.15, 0.2) is 67.1 Å². The number of H-pyrrole nitrogens is 1. The van der Waals surface area contributed by atoms with Crippen LogP contribution in [0.5, 0.6) is 0 Å². The lowest BCUT2D eigenvalue weighted by molar-refractivity contribution is -0.676. The molecule has 0 spiro atoms. The first kappa shape index (κ1) is 16.3.